The summed E-state index contributed by atoms with van der Waals surface area (Å²) in [6.07, 6.45) is 8.66. The van der Waals surface area contributed by atoms with Crippen molar-refractivity contribution < 1.29 is 9.53 Å². The van der Waals surface area contributed by atoms with Crippen molar-refractivity contribution in [2.45, 2.75) is 78.4 Å². The molecule has 2 aromatic heterocycles. The van der Waals surface area contributed by atoms with Crippen LogP contribution >= 0.6 is 11.3 Å². The molecule has 0 aromatic carbocycles. The molecule has 6 heteroatoms. The van der Waals surface area contributed by atoms with Gasteiger partial charge in [-0.25, -0.2) is 4.98 Å². The van der Waals surface area contributed by atoms with E-state index in [0.29, 0.717) is 5.92 Å². The Morgan fingerprint density at radius 2 is 2.04 bits per heavy atom. The van der Waals surface area contributed by atoms with Crippen LogP contribution in [0.4, 0.5) is 0 Å². The molecule has 0 amide bonds. The number of carbonyl (C=O) groups is 1. The van der Waals surface area contributed by atoms with Crippen molar-refractivity contribution in [1.82, 2.24) is 9.55 Å². The monoisotopic (exact) mass is 388 g/mol. The Morgan fingerprint density at radius 3 is 2.74 bits per heavy atom. The molecular weight excluding hydrogens is 360 g/mol. The van der Waals surface area contributed by atoms with Gasteiger partial charge in [0.25, 0.3) is 5.56 Å². The van der Waals surface area contributed by atoms with Crippen molar-refractivity contribution in [2.24, 2.45) is 11.3 Å². The fourth-order valence-electron chi connectivity index (χ4n) is 4.42. The van der Waals surface area contributed by atoms with E-state index in [4.69, 9.17) is 4.74 Å². The number of esters is 1. The minimum Gasteiger partial charge on any atom is -0.461 e. The molecule has 2 aliphatic carbocycles. The molecule has 2 aliphatic rings. The number of thiophene rings is 1. The Balaban J connectivity index is 1.59. The number of rotatable bonds is 3. The summed E-state index contributed by atoms with van der Waals surface area (Å²) in [6.45, 7) is 6.82. The van der Waals surface area contributed by atoms with Crippen LogP contribution in [0.15, 0.2) is 11.1 Å². The average Bonchev–Trinajstić information content (AvgIpc) is 3.23. The fraction of sp³-hybridized carbons (Fsp3) is 0.667. The molecule has 1 saturated carbocycles. The van der Waals surface area contributed by atoms with Gasteiger partial charge in [-0.2, -0.15) is 0 Å². The Kier molecular flexibility index (Phi) is 4.87. The molecular formula is C21H28N2O3S. The second-order valence-electron chi connectivity index (χ2n) is 9.06. The minimum absolute atomic E-state index is 0.0214. The summed E-state index contributed by atoms with van der Waals surface area (Å²) in [5.41, 5.74) is 1.33. The number of aromatic nitrogens is 2. The van der Waals surface area contributed by atoms with Gasteiger partial charge in [-0.15, -0.1) is 11.3 Å². The molecule has 146 valence electrons. The average molecular weight is 389 g/mol. The molecule has 5 nitrogen and oxygen atoms in total. The van der Waals surface area contributed by atoms with E-state index in [2.05, 4.69) is 25.8 Å². The predicted molar refractivity (Wildman–Crippen MR) is 107 cm³/mol. The lowest BCUT2D eigenvalue weighted by Gasteiger charge is -2.33. The molecule has 1 unspecified atom stereocenters. The lowest BCUT2D eigenvalue weighted by molar-refractivity contribution is -0.149. The van der Waals surface area contributed by atoms with Crippen LogP contribution in [-0.2, 0) is 28.9 Å². The van der Waals surface area contributed by atoms with E-state index in [1.54, 1.807) is 11.3 Å². The van der Waals surface area contributed by atoms with E-state index in [-0.39, 0.29) is 29.6 Å². The highest BCUT2D eigenvalue weighted by Crippen LogP contribution is 2.41. The van der Waals surface area contributed by atoms with Gasteiger partial charge in [0.05, 0.1) is 11.7 Å². The second-order valence-corrected chi connectivity index (χ2v) is 10.1. The van der Waals surface area contributed by atoms with Crippen LogP contribution in [0.3, 0.4) is 0 Å². The van der Waals surface area contributed by atoms with Crippen molar-refractivity contribution in [3.63, 3.8) is 0 Å². The zero-order chi connectivity index (χ0) is 19.2. The van der Waals surface area contributed by atoms with Crippen molar-refractivity contribution in [1.29, 1.82) is 0 Å². The molecule has 1 fully saturated rings. The number of carbonyl (C=O) groups excluding carboxylic acids is 1. The van der Waals surface area contributed by atoms with Crippen molar-refractivity contribution in [2.75, 3.05) is 0 Å². The number of aryl methyl sites for hydroxylation is 1. The number of nitrogens with zero attached hydrogens (tertiary/aromatic N) is 2. The molecule has 0 aliphatic heterocycles. The summed E-state index contributed by atoms with van der Waals surface area (Å²) in [7, 11) is 0. The Morgan fingerprint density at radius 1 is 1.30 bits per heavy atom. The van der Waals surface area contributed by atoms with Gasteiger partial charge in [-0.3, -0.25) is 14.2 Å². The first-order valence-corrected chi connectivity index (χ1v) is 10.8. The molecule has 27 heavy (non-hydrogen) atoms. The maximum atomic E-state index is 13.0. The van der Waals surface area contributed by atoms with E-state index >= 15 is 0 Å². The summed E-state index contributed by atoms with van der Waals surface area (Å²) in [5.74, 6) is 0.295. The largest absolute Gasteiger partial charge is 0.461 e. The summed E-state index contributed by atoms with van der Waals surface area (Å²) in [6, 6.07) is 0. The third kappa shape index (κ3) is 3.68. The number of ether oxygens (including phenoxy) is 1. The van der Waals surface area contributed by atoms with Crippen LogP contribution < -0.4 is 5.56 Å². The van der Waals surface area contributed by atoms with Gasteiger partial charge in [-0.1, -0.05) is 20.8 Å². The maximum Gasteiger partial charge on any atom is 0.326 e. The van der Waals surface area contributed by atoms with Gasteiger partial charge >= 0.3 is 5.97 Å². The first kappa shape index (κ1) is 18.7. The SMILES string of the molecule is CC(C)(C)C1CCc2c(sc3ncn(CC(=O)OC4CCCC4)c(=O)c23)C1. The van der Waals surface area contributed by atoms with Gasteiger partial charge in [0.15, 0.2) is 0 Å². The van der Waals surface area contributed by atoms with Crippen LogP contribution in [0.1, 0.15) is 63.3 Å². The second kappa shape index (κ2) is 7.04. The zero-order valence-corrected chi connectivity index (χ0v) is 17.2. The van der Waals surface area contributed by atoms with E-state index in [1.807, 2.05) is 0 Å². The Bertz CT molecular complexity index is 916. The van der Waals surface area contributed by atoms with Crippen molar-refractivity contribution in [3.8, 4) is 0 Å². The standard InChI is InChI=1S/C21H28N2O3S/c1-21(2,3)13-8-9-15-16(10-13)27-19-18(15)20(25)23(12-22-19)11-17(24)26-14-6-4-5-7-14/h12-14H,4-11H2,1-3H3. The third-order valence-electron chi connectivity index (χ3n) is 6.16. The fourth-order valence-corrected chi connectivity index (χ4v) is 5.68. The van der Waals surface area contributed by atoms with Gasteiger partial charge in [0, 0.05) is 4.88 Å². The van der Waals surface area contributed by atoms with Crippen molar-refractivity contribution >= 4 is 27.5 Å². The van der Waals surface area contributed by atoms with Crippen LogP contribution in [0.5, 0.6) is 0 Å². The molecule has 0 N–H and O–H groups in total. The first-order valence-electron chi connectivity index (χ1n) is 10.0. The van der Waals surface area contributed by atoms with Gasteiger partial charge in [0.1, 0.15) is 17.5 Å². The number of hydrogen-bond donors (Lipinski definition) is 0. The van der Waals surface area contributed by atoms with Gasteiger partial charge < -0.3 is 4.74 Å². The topological polar surface area (TPSA) is 61.2 Å². The molecule has 0 bridgehead atoms. The quantitative estimate of drug-likeness (QED) is 0.743. The Hall–Kier alpha value is -1.69. The highest BCUT2D eigenvalue weighted by Gasteiger charge is 2.32. The van der Waals surface area contributed by atoms with E-state index < -0.39 is 0 Å². The van der Waals surface area contributed by atoms with Crippen LogP contribution in [0.25, 0.3) is 10.2 Å². The molecule has 1 atom stereocenters. The van der Waals surface area contributed by atoms with Crippen molar-refractivity contribution in [3.05, 3.63) is 27.1 Å². The molecule has 0 saturated heterocycles. The van der Waals surface area contributed by atoms with E-state index in [1.165, 1.54) is 15.8 Å². The first-order chi connectivity index (χ1) is 12.8. The highest BCUT2D eigenvalue weighted by molar-refractivity contribution is 7.18. The number of hydrogen-bond acceptors (Lipinski definition) is 5. The molecule has 0 radical (unpaired) electrons. The van der Waals surface area contributed by atoms with Crippen LogP contribution in [0.2, 0.25) is 0 Å². The summed E-state index contributed by atoms with van der Waals surface area (Å²) in [4.78, 5) is 31.9. The van der Waals surface area contributed by atoms with Crippen LogP contribution in [0, 0.1) is 11.3 Å². The van der Waals surface area contributed by atoms with E-state index in [0.717, 1.165) is 60.7 Å². The maximum absolute atomic E-state index is 13.0. The molecule has 2 aromatic rings. The summed E-state index contributed by atoms with van der Waals surface area (Å²) >= 11 is 1.65. The third-order valence-corrected chi connectivity index (χ3v) is 7.32. The minimum atomic E-state index is -0.331. The normalized spacial score (nSPS) is 20.8. The number of fused-ring (bicyclic) bond motifs is 3. The lowest BCUT2D eigenvalue weighted by Crippen LogP contribution is -2.29. The van der Waals surface area contributed by atoms with Crippen LogP contribution in [-0.4, -0.2) is 21.6 Å². The molecule has 0 spiro atoms. The smallest absolute Gasteiger partial charge is 0.326 e. The summed E-state index contributed by atoms with van der Waals surface area (Å²) < 4.78 is 6.92. The van der Waals surface area contributed by atoms with E-state index in [9.17, 15) is 9.59 Å². The molecule has 4 rings (SSSR count). The van der Waals surface area contributed by atoms with Gasteiger partial charge in [0.2, 0.25) is 0 Å². The Labute approximate surface area is 163 Å². The summed E-state index contributed by atoms with van der Waals surface area (Å²) in [5, 5.41) is 0.721. The predicted octanol–water partition coefficient (Wildman–Crippen LogP) is 4.09. The lowest BCUT2D eigenvalue weighted by atomic mass is 9.72. The molecule has 2 heterocycles. The van der Waals surface area contributed by atoms with Gasteiger partial charge in [-0.05, 0) is 61.8 Å². The zero-order valence-electron chi connectivity index (χ0n) is 16.4. The highest BCUT2D eigenvalue weighted by atomic mass is 32.1.